The molecular weight excluding hydrogens is 250 g/mol. The van der Waals surface area contributed by atoms with Crippen molar-refractivity contribution in [3.63, 3.8) is 0 Å². The van der Waals surface area contributed by atoms with Crippen LogP contribution in [0.5, 0.6) is 0 Å². The second-order valence-electron chi connectivity index (χ2n) is 3.52. The molecule has 2 rings (SSSR count). The second-order valence-corrected chi connectivity index (χ2v) is 3.90. The van der Waals surface area contributed by atoms with Gasteiger partial charge in [-0.05, 0) is 30.3 Å². The molecule has 0 unspecified atom stereocenters. The lowest BCUT2D eigenvalue weighted by atomic mass is 10.1. The number of rotatable bonds is 2. The lowest BCUT2D eigenvalue weighted by Crippen LogP contribution is -2.12. The van der Waals surface area contributed by atoms with Gasteiger partial charge in [0.2, 0.25) is 0 Å². The molecule has 5 heteroatoms. The normalized spacial score (nSPS) is 9.56. The Hall–Kier alpha value is -2.38. The van der Waals surface area contributed by atoms with Gasteiger partial charge in [0, 0.05) is 5.56 Å². The zero-order valence-electron chi connectivity index (χ0n) is 9.22. The van der Waals surface area contributed by atoms with E-state index < -0.39 is 0 Å². The van der Waals surface area contributed by atoms with Gasteiger partial charge in [0.25, 0.3) is 5.91 Å². The van der Waals surface area contributed by atoms with Gasteiger partial charge in [-0.3, -0.25) is 4.79 Å². The van der Waals surface area contributed by atoms with Crippen molar-refractivity contribution in [3.8, 4) is 6.07 Å². The monoisotopic (exact) mass is 257 g/mol. The number of nitriles is 1. The van der Waals surface area contributed by atoms with Crippen LogP contribution in [0.2, 0.25) is 5.15 Å². The van der Waals surface area contributed by atoms with Crippen molar-refractivity contribution in [2.24, 2.45) is 0 Å². The van der Waals surface area contributed by atoms with Crippen LogP contribution >= 0.6 is 11.6 Å². The van der Waals surface area contributed by atoms with Crippen LogP contribution in [0.25, 0.3) is 0 Å². The number of carbonyl (C=O) groups excluding carboxylic acids is 1. The Kier molecular flexibility index (Phi) is 3.56. The van der Waals surface area contributed by atoms with E-state index in [4.69, 9.17) is 16.9 Å². The zero-order chi connectivity index (χ0) is 13.0. The predicted octanol–water partition coefficient (Wildman–Crippen LogP) is 2.86. The number of carbonyl (C=O) groups is 1. The summed E-state index contributed by atoms with van der Waals surface area (Å²) >= 11 is 5.64. The SMILES string of the molecule is N#Cc1cccc(C(=O)Nc2ccc(Cl)nc2)c1. The number of amides is 1. The van der Waals surface area contributed by atoms with E-state index in [2.05, 4.69) is 10.3 Å². The molecular formula is C13H8ClN3O. The van der Waals surface area contributed by atoms with Gasteiger partial charge in [0.05, 0.1) is 23.5 Å². The molecule has 0 fully saturated rings. The fourth-order valence-electron chi connectivity index (χ4n) is 1.38. The highest BCUT2D eigenvalue weighted by atomic mass is 35.5. The summed E-state index contributed by atoms with van der Waals surface area (Å²) in [5.41, 5.74) is 1.41. The lowest BCUT2D eigenvalue weighted by Gasteiger charge is -2.04. The van der Waals surface area contributed by atoms with Gasteiger partial charge in [-0.1, -0.05) is 17.7 Å². The topological polar surface area (TPSA) is 65.8 Å². The average Bonchev–Trinajstić information content (AvgIpc) is 2.41. The predicted molar refractivity (Wildman–Crippen MR) is 68.4 cm³/mol. The van der Waals surface area contributed by atoms with E-state index in [1.54, 1.807) is 30.3 Å². The molecule has 2 aromatic rings. The molecule has 0 radical (unpaired) electrons. The molecule has 1 amide bonds. The summed E-state index contributed by atoms with van der Waals surface area (Å²) in [6.07, 6.45) is 1.47. The number of pyridine rings is 1. The third-order valence-corrected chi connectivity index (χ3v) is 2.46. The number of nitrogens with one attached hydrogen (secondary N) is 1. The quantitative estimate of drug-likeness (QED) is 0.842. The van der Waals surface area contributed by atoms with Gasteiger partial charge in [0.15, 0.2) is 0 Å². The van der Waals surface area contributed by atoms with Crippen LogP contribution < -0.4 is 5.32 Å². The molecule has 0 aliphatic heterocycles. The summed E-state index contributed by atoms with van der Waals surface area (Å²) in [6, 6.07) is 11.7. The molecule has 18 heavy (non-hydrogen) atoms. The maximum absolute atomic E-state index is 11.9. The highest BCUT2D eigenvalue weighted by molar-refractivity contribution is 6.29. The smallest absolute Gasteiger partial charge is 0.255 e. The van der Waals surface area contributed by atoms with Gasteiger partial charge >= 0.3 is 0 Å². The number of benzene rings is 1. The minimum absolute atomic E-state index is 0.295. The maximum Gasteiger partial charge on any atom is 0.255 e. The molecule has 0 bridgehead atoms. The average molecular weight is 258 g/mol. The molecule has 0 aliphatic carbocycles. The summed E-state index contributed by atoms with van der Waals surface area (Å²) in [4.78, 5) is 15.7. The Morgan fingerprint density at radius 2 is 2.17 bits per heavy atom. The molecule has 4 nitrogen and oxygen atoms in total. The van der Waals surface area contributed by atoms with Gasteiger partial charge < -0.3 is 5.32 Å². The van der Waals surface area contributed by atoms with Crippen LogP contribution in [0, 0.1) is 11.3 Å². The van der Waals surface area contributed by atoms with E-state index in [0.717, 1.165) is 0 Å². The summed E-state index contributed by atoms with van der Waals surface area (Å²) < 4.78 is 0. The van der Waals surface area contributed by atoms with Crippen molar-refractivity contribution in [3.05, 3.63) is 58.9 Å². The fourth-order valence-corrected chi connectivity index (χ4v) is 1.49. The Labute approximate surface area is 109 Å². The van der Waals surface area contributed by atoms with Crippen LogP contribution in [0.15, 0.2) is 42.6 Å². The summed E-state index contributed by atoms with van der Waals surface area (Å²) in [7, 11) is 0. The van der Waals surface area contributed by atoms with Crippen LogP contribution in [-0.2, 0) is 0 Å². The molecule has 0 saturated carbocycles. The highest BCUT2D eigenvalue weighted by Crippen LogP contribution is 2.12. The standard InChI is InChI=1S/C13H8ClN3O/c14-12-5-4-11(8-16-12)17-13(18)10-3-1-2-9(6-10)7-15/h1-6,8H,(H,17,18). The van der Waals surface area contributed by atoms with Gasteiger partial charge in [-0.25, -0.2) is 4.98 Å². The Morgan fingerprint density at radius 1 is 1.33 bits per heavy atom. The highest BCUT2D eigenvalue weighted by Gasteiger charge is 2.06. The summed E-state index contributed by atoms with van der Waals surface area (Å²) in [6.45, 7) is 0. The summed E-state index contributed by atoms with van der Waals surface area (Å²) in [5, 5.41) is 11.8. The largest absolute Gasteiger partial charge is 0.321 e. The third kappa shape index (κ3) is 2.84. The Morgan fingerprint density at radius 3 is 2.83 bits per heavy atom. The van der Waals surface area contributed by atoms with Crippen LogP contribution in [-0.4, -0.2) is 10.9 Å². The first-order valence-corrected chi connectivity index (χ1v) is 5.50. The molecule has 1 aromatic carbocycles. The minimum atomic E-state index is -0.295. The van der Waals surface area contributed by atoms with E-state index in [0.29, 0.717) is 22.0 Å². The fraction of sp³-hybridized carbons (Fsp3) is 0. The van der Waals surface area contributed by atoms with Crippen LogP contribution in [0.1, 0.15) is 15.9 Å². The molecule has 1 N–H and O–H groups in total. The minimum Gasteiger partial charge on any atom is -0.321 e. The van der Waals surface area contributed by atoms with Gasteiger partial charge in [-0.15, -0.1) is 0 Å². The van der Waals surface area contributed by atoms with Crippen molar-refractivity contribution in [2.75, 3.05) is 5.32 Å². The number of nitrogens with zero attached hydrogens (tertiary/aromatic N) is 2. The van der Waals surface area contributed by atoms with Gasteiger partial charge in [-0.2, -0.15) is 5.26 Å². The molecule has 0 saturated heterocycles. The van der Waals surface area contributed by atoms with Crippen molar-refractivity contribution in [1.29, 1.82) is 5.26 Å². The van der Waals surface area contributed by atoms with Crippen molar-refractivity contribution in [2.45, 2.75) is 0 Å². The van der Waals surface area contributed by atoms with Crippen LogP contribution in [0.4, 0.5) is 5.69 Å². The number of halogens is 1. The van der Waals surface area contributed by atoms with E-state index in [1.807, 2.05) is 6.07 Å². The van der Waals surface area contributed by atoms with E-state index in [-0.39, 0.29) is 5.91 Å². The van der Waals surface area contributed by atoms with E-state index >= 15 is 0 Å². The maximum atomic E-state index is 11.9. The molecule has 0 spiro atoms. The third-order valence-electron chi connectivity index (χ3n) is 2.24. The first-order valence-electron chi connectivity index (χ1n) is 5.12. The second kappa shape index (κ2) is 5.30. The number of aromatic nitrogens is 1. The lowest BCUT2D eigenvalue weighted by molar-refractivity contribution is 0.102. The summed E-state index contributed by atoms with van der Waals surface area (Å²) in [5.74, 6) is -0.295. The number of anilines is 1. The van der Waals surface area contributed by atoms with Crippen molar-refractivity contribution in [1.82, 2.24) is 4.98 Å². The number of hydrogen-bond donors (Lipinski definition) is 1. The molecule has 88 valence electrons. The first-order chi connectivity index (χ1) is 8.69. The van der Waals surface area contributed by atoms with Crippen molar-refractivity contribution < 1.29 is 4.79 Å². The van der Waals surface area contributed by atoms with Crippen molar-refractivity contribution >= 4 is 23.2 Å². The first kappa shape index (κ1) is 12.1. The van der Waals surface area contributed by atoms with Crippen LogP contribution in [0.3, 0.4) is 0 Å². The Balaban J connectivity index is 2.17. The molecule has 0 aliphatic rings. The van der Waals surface area contributed by atoms with E-state index in [1.165, 1.54) is 12.3 Å². The Bertz CT molecular complexity index is 617. The zero-order valence-corrected chi connectivity index (χ0v) is 9.98. The number of hydrogen-bond acceptors (Lipinski definition) is 3. The molecule has 1 heterocycles. The molecule has 0 atom stereocenters. The van der Waals surface area contributed by atoms with Gasteiger partial charge in [0.1, 0.15) is 5.15 Å². The molecule has 1 aromatic heterocycles. The van der Waals surface area contributed by atoms with E-state index in [9.17, 15) is 4.79 Å².